The molecule has 0 aliphatic heterocycles. The summed E-state index contributed by atoms with van der Waals surface area (Å²) in [5.41, 5.74) is 0.550. The van der Waals surface area contributed by atoms with Gasteiger partial charge in [0, 0.05) is 0 Å². The molecule has 0 amide bonds. The van der Waals surface area contributed by atoms with Gasteiger partial charge in [-0.3, -0.25) is 0 Å². The van der Waals surface area contributed by atoms with Gasteiger partial charge in [-0.1, -0.05) is 34.1 Å². The van der Waals surface area contributed by atoms with E-state index in [2.05, 4.69) is 27.7 Å². The summed E-state index contributed by atoms with van der Waals surface area (Å²) in [5, 5.41) is 0. The highest BCUT2D eigenvalue weighted by Gasteiger charge is 2.06. The lowest BCUT2D eigenvalue weighted by Crippen LogP contribution is -2.02. The summed E-state index contributed by atoms with van der Waals surface area (Å²) in [7, 11) is 0. The monoisotopic (exact) mass is 136 g/mol. The van der Waals surface area contributed by atoms with E-state index in [1.807, 2.05) is 0 Å². The van der Waals surface area contributed by atoms with Gasteiger partial charge in [0.2, 0.25) is 0 Å². The molecule has 0 nitrogen and oxygen atoms in total. The van der Waals surface area contributed by atoms with Crippen molar-refractivity contribution in [1.29, 1.82) is 0 Å². The third-order valence-corrected chi connectivity index (χ3v) is 1.000. The van der Waals surface area contributed by atoms with E-state index in [9.17, 15) is 0 Å². The van der Waals surface area contributed by atoms with Gasteiger partial charge in [-0.15, -0.1) is 12.4 Å². The van der Waals surface area contributed by atoms with Crippen molar-refractivity contribution in [2.45, 2.75) is 40.5 Å². The largest absolute Gasteiger partial charge is 0.147 e. The number of rotatable bonds is 1. The topological polar surface area (TPSA) is 0 Å². The molecule has 0 unspecified atom stereocenters. The molecular weight excluding hydrogens is 120 g/mol. The van der Waals surface area contributed by atoms with Crippen molar-refractivity contribution in [1.82, 2.24) is 0 Å². The molecule has 0 aliphatic carbocycles. The second kappa shape index (κ2) is 4.20. The van der Waals surface area contributed by atoms with Crippen LogP contribution in [0.3, 0.4) is 0 Å². The average Bonchev–Trinajstić information content (AvgIpc) is 1.30. The van der Waals surface area contributed by atoms with Gasteiger partial charge in [-0.05, 0) is 11.8 Å². The average molecular weight is 137 g/mol. The van der Waals surface area contributed by atoms with Crippen LogP contribution < -0.4 is 0 Å². The van der Waals surface area contributed by atoms with Gasteiger partial charge in [0.05, 0.1) is 0 Å². The van der Waals surface area contributed by atoms with E-state index in [1.54, 1.807) is 0 Å². The standard InChI is InChI=1S/C7H16.ClH/c1-5-6-7(2,3)4;/h5-6H2,1-4H3;1H. The first-order valence-electron chi connectivity index (χ1n) is 3.06. The molecule has 8 heavy (non-hydrogen) atoms. The molecule has 1 heteroatoms. The van der Waals surface area contributed by atoms with Crippen LogP contribution >= 0.6 is 12.4 Å². The summed E-state index contributed by atoms with van der Waals surface area (Å²) in [5.74, 6) is 0. The van der Waals surface area contributed by atoms with Crippen LogP contribution in [0.4, 0.5) is 0 Å². The maximum atomic E-state index is 2.27. The first kappa shape index (κ1) is 11.1. The summed E-state index contributed by atoms with van der Waals surface area (Å²) in [4.78, 5) is 0. The van der Waals surface area contributed by atoms with Crippen LogP contribution in [-0.4, -0.2) is 0 Å². The van der Waals surface area contributed by atoms with E-state index in [0.717, 1.165) is 0 Å². The maximum absolute atomic E-state index is 2.27. The Morgan fingerprint density at radius 3 is 1.50 bits per heavy atom. The van der Waals surface area contributed by atoms with Crippen molar-refractivity contribution in [3.8, 4) is 0 Å². The number of hydrogen-bond donors (Lipinski definition) is 0. The molecule has 0 rings (SSSR count). The zero-order valence-corrected chi connectivity index (χ0v) is 7.14. The fourth-order valence-electron chi connectivity index (χ4n) is 0.750. The molecule has 0 saturated heterocycles. The molecule has 52 valence electrons. The van der Waals surface area contributed by atoms with Crippen LogP contribution in [0.25, 0.3) is 0 Å². The Kier molecular flexibility index (Phi) is 5.84. The van der Waals surface area contributed by atoms with E-state index in [1.165, 1.54) is 12.8 Å². The molecular formula is C7H17Cl. The highest BCUT2D eigenvalue weighted by Crippen LogP contribution is 2.19. The molecule has 0 aromatic rings. The molecule has 0 aromatic carbocycles. The maximum Gasteiger partial charge on any atom is -0.0383 e. The highest BCUT2D eigenvalue weighted by molar-refractivity contribution is 5.85. The Morgan fingerprint density at radius 2 is 1.50 bits per heavy atom. The zero-order valence-electron chi connectivity index (χ0n) is 6.32. The normalized spacial score (nSPS) is 10.5. The second-order valence-corrected chi connectivity index (χ2v) is 3.31. The van der Waals surface area contributed by atoms with Crippen LogP contribution in [0.15, 0.2) is 0 Å². The fraction of sp³-hybridized carbons (Fsp3) is 1.00. The van der Waals surface area contributed by atoms with Crippen LogP contribution in [0.1, 0.15) is 40.5 Å². The van der Waals surface area contributed by atoms with E-state index in [4.69, 9.17) is 0 Å². The van der Waals surface area contributed by atoms with Crippen molar-refractivity contribution in [2.24, 2.45) is 5.41 Å². The number of hydrogen-bond acceptors (Lipinski definition) is 0. The minimum absolute atomic E-state index is 0. The van der Waals surface area contributed by atoms with Gasteiger partial charge in [0.15, 0.2) is 0 Å². The van der Waals surface area contributed by atoms with Gasteiger partial charge >= 0.3 is 0 Å². The predicted molar refractivity (Wildman–Crippen MR) is 41.6 cm³/mol. The zero-order chi connectivity index (χ0) is 5.91. The van der Waals surface area contributed by atoms with Crippen molar-refractivity contribution >= 4 is 12.4 Å². The Bertz CT molecular complexity index is 42.8. The third-order valence-electron chi connectivity index (χ3n) is 1.000. The minimum Gasteiger partial charge on any atom is -0.147 e. The first-order chi connectivity index (χ1) is 3.06. The smallest absolute Gasteiger partial charge is 0.0383 e. The molecule has 0 aromatic heterocycles. The Balaban J connectivity index is 0. The van der Waals surface area contributed by atoms with E-state index >= 15 is 0 Å². The number of halogens is 1. The highest BCUT2D eigenvalue weighted by atomic mass is 35.5. The Labute approximate surface area is 59.1 Å². The molecule has 0 atom stereocenters. The van der Waals surface area contributed by atoms with Gasteiger partial charge in [0.25, 0.3) is 0 Å². The van der Waals surface area contributed by atoms with Gasteiger partial charge in [0.1, 0.15) is 0 Å². The molecule has 0 saturated carbocycles. The molecule has 0 heterocycles. The lowest BCUT2D eigenvalue weighted by Gasteiger charge is -2.15. The second-order valence-electron chi connectivity index (χ2n) is 3.31. The molecule has 0 bridgehead atoms. The van der Waals surface area contributed by atoms with Crippen LogP contribution in [0, 0.1) is 5.41 Å². The summed E-state index contributed by atoms with van der Waals surface area (Å²) < 4.78 is 0. The van der Waals surface area contributed by atoms with E-state index < -0.39 is 0 Å². The van der Waals surface area contributed by atoms with E-state index in [0.29, 0.717) is 5.41 Å². The summed E-state index contributed by atoms with van der Waals surface area (Å²) in [6.45, 7) is 9.05. The Hall–Kier alpha value is 0.290. The van der Waals surface area contributed by atoms with Crippen molar-refractivity contribution in [3.63, 3.8) is 0 Å². The Morgan fingerprint density at radius 1 is 1.12 bits per heavy atom. The SMILES string of the molecule is CCCC(C)(C)C.Cl. The lowest BCUT2D eigenvalue weighted by atomic mass is 9.91. The van der Waals surface area contributed by atoms with Crippen LogP contribution in [0.5, 0.6) is 0 Å². The quantitative estimate of drug-likeness (QED) is 0.519. The first-order valence-corrected chi connectivity index (χ1v) is 3.06. The summed E-state index contributed by atoms with van der Waals surface area (Å²) in [6.07, 6.45) is 2.65. The molecule has 0 fully saturated rings. The van der Waals surface area contributed by atoms with Gasteiger partial charge in [-0.25, -0.2) is 0 Å². The minimum atomic E-state index is 0. The third kappa shape index (κ3) is 9.56. The molecule has 0 N–H and O–H groups in total. The van der Waals surface area contributed by atoms with Crippen LogP contribution in [-0.2, 0) is 0 Å². The molecule has 0 spiro atoms. The van der Waals surface area contributed by atoms with Crippen molar-refractivity contribution in [3.05, 3.63) is 0 Å². The van der Waals surface area contributed by atoms with E-state index in [-0.39, 0.29) is 12.4 Å². The lowest BCUT2D eigenvalue weighted by molar-refractivity contribution is 0.373. The fourth-order valence-corrected chi connectivity index (χ4v) is 0.750. The van der Waals surface area contributed by atoms with Crippen LogP contribution in [0.2, 0.25) is 0 Å². The van der Waals surface area contributed by atoms with Gasteiger partial charge < -0.3 is 0 Å². The summed E-state index contributed by atoms with van der Waals surface area (Å²) in [6, 6.07) is 0. The molecule has 0 aliphatic rings. The predicted octanol–water partition coefficient (Wildman–Crippen LogP) is 3.25. The summed E-state index contributed by atoms with van der Waals surface area (Å²) >= 11 is 0. The van der Waals surface area contributed by atoms with Gasteiger partial charge in [-0.2, -0.15) is 0 Å². The van der Waals surface area contributed by atoms with Crippen molar-refractivity contribution < 1.29 is 0 Å². The molecule has 0 radical (unpaired) electrons. The van der Waals surface area contributed by atoms with Crippen molar-refractivity contribution in [2.75, 3.05) is 0 Å².